The molecule has 6 aliphatic rings. The molecule has 5 saturated carbocycles. The zero-order chi connectivity index (χ0) is 37.4. The Morgan fingerprint density at radius 2 is 1.73 bits per heavy atom. The van der Waals surface area contributed by atoms with E-state index in [1.54, 1.807) is 18.2 Å². The monoisotopic (exact) mass is 830 g/mol. The van der Waals surface area contributed by atoms with Gasteiger partial charge < -0.3 is 29.6 Å². The van der Waals surface area contributed by atoms with E-state index in [9.17, 15) is 19.5 Å². The molecule has 52 heavy (non-hydrogen) atoms. The summed E-state index contributed by atoms with van der Waals surface area (Å²) in [5.74, 6) is 2.58. The van der Waals surface area contributed by atoms with Crippen LogP contribution < -0.4 is 10.6 Å². The van der Waals surface area contributed by atoms with Gasteiger partial charge in [0.1, 0.15) is 11.5 Å². The summed E-state index contributed by atoms with van der Waals surface area (Å²) in [7, 11) is 1.32. The first kappa shape index (κ1) is 38.0. The minimum absolute atomic E-state index is 0.0718. The number of amides is 2. The highest BCUT2D eigenvalue weighted by molar-refractivity contribution is 14.1. The van der Waals surface area contributed by atoms with Crippen molar-refractivity contribution in [3.8, 4) is 0 Å². The standard InChI is InChI=1S/C42H59IN2O7/c1-24(2)27-14-19-41(37(49)45-23-26-8-11-29(51-26)35(47)44-22-25-9-12-30(52-25)36(48)50-7)20-21-42(43)28(34(27)41)10-13-32-39(5)17-16-33(46)38(3,4)31(39)15-18-40(32,42)6/h8-9,11,27-28,30-34,46H,1,10,12-23H2,2-7H3,(H,44,47)(H,45,49). The van der Waals surface area contributed by atoms with Crippen LogP contribution >= 0.6 is 22.6 Å². The van der Waals surface area contributed by atoms with E-state index in [4.69, 9.17) is 13.9 Å². The summed E-state index contributed by atoms with van der Waals surface area (Å²) >= 11 is 2.91. The molecule has 11 atom stereocenters. The fraction of sp³-hybridized carbons (Fsp3) is 0.738. The second-order valence-corrected chi connectivity index (χ2v) is 20.3. The third-order valence-corrected chi connectivity index (χ3v) is 18.4. The van der Waals surface area contributed by atoms with E-state index >= 15 is 0 Å². The quantitative estimate of drug-likeness (QED) is 0.106. The molecule has 286 valence electrons. The summed E-state index contributed by atoms with van der Waals surface area (Å²) in [6.07, 6.45) is 11.7. The summed E-state index contributed by atoms with van der Waals surface area (Å²) < 4.78 is 16.3. The number of carbonyl (C=O) groups is 3. The first-order valence-electron chi connectivity index (χ1n) is 19.6. The van der Waals surface area contributed by atoms with E-state index in [1.165, 1.54) is 25.5 Å². The van der Waals surface area contributed by atoms with Gasteiger partial charge in [-0.2, -0.15) is 0 Å². The lowest BCUT2D eigenvalue weighted by atomic mass is 9.36. The number of hydrogen-bond acceptors (Lipinski definition) is 7. The predicted molar refractivity (Wildman–Crippen MR) is 206 cm³/mol. The molecule has 0 radical (unpaired) electrons. The van der Waals surface area contributed by atoms with Gasteiger partial charge in [0.15, 0.2) is 11.9 Å². The van der Waals surface area contributed by atoms with Crippen molar-refractivity contribution < 1.29 is 33.4 Å². The van der Waals surface area contributed by atoms with Gasteiger partial charge in [0, 0.05) is 9.84 Å². The largest absolute Gasteiger partial charge is 0.481 e. The fourth-order valence-corrected chi connectivity index (χ4v) is 14.8. The average Bonchev–Trinajstić information content (AvgIpc) is 3.87. The number of esters is 1. The predicted octanol–water partition coefficient (Wildman–Crippen LogP) is 7.66. The molecule has 0 spiro atoms. The maximum absolute atomic E-state index is 14.6. The molecule has 0 saturated heterocycles. The molecule has 0 bridgehead atoms. The summed E-state index contributed by atoms with van der Waals surface area (Å²) in [4.78, 5) is 39.2. The number of ether oxygens (including phenoxy) is 2. The first-order valence-corrected chi connectivity index (χ1v) is 20.7. The molecule has 5 fully saturated rings. The number of methoxy groups -OCH3 is 1. The van der Waals surface area contributed by atoms with E-state index in [-0.39, 0.29) is 56.4 Å². The first-order chi connectivity index (χ1) is 24.5. The number of aliphatic hydroxyl groups excluding tert-OH is 1. The van der Waals surface area contributed by atoms with Crippen LogP contribution in [0.5, 0.6) is 0 Å². The van der Waals surface area contributed by atoms with Crippen molar-refractivity contribution in [3.63, 3.8) is 0 Å². The van der Waals surface area contributed by atoms with Crippen LogP contribution in [0.15, 0.2) is 40.5 Å². The molecule has 1 aromatic heterocycles. The number of allylic oxidation sites excluding steroid dienone is 1. The molecule has 9 nitrogen and oxygen atoms in total. The highest BCUT2D eigenvalue weighted by Gasteiger charge is 2.72. The topological polar surface area (TPSA) is 127 Å². The van der Waals surface area contributed by atoms with Crippen LogP contribution in [0.25, 0.3) is 0 Å². The van der Waals surface area contributed by atoms with Gasteiger partial charge in [-0.25, -0.2) is 4.79 Å². The SMILES string of the molecule is C=C(C)C1CCC2(C(=O)NCc3ccc(C(=O)NCC4=CCC(C(=O)OC)O4)o3)CCC3(I)C(CCC4C5(C)CCC(O)C(C)(C)C5CCC43C)C12. The van der Waals surface area contributed by atoms with Gasteiger partial charge in [-0.1, -0.05) is 62.4 Å². The molecular formula is C42H59IN2O7. The number of alkyl halides is 1. The Labute approximate surface area is 323 Å². The molecule has 2 amide bonds. The molecule has 11 unspecified atom stereocenters. The number of halogens is 1. The van der Waals surface area contributed by atoms with Gasteiger partial charge in [0.25, 0.3) is 5.91 Å². The molecule has 1 aliphatic heterocycles. The number of nitrogens with one attached hydrogen (secondary N) is 2. The molecule has 7 rings (SSSR count). The Morgan fingerprint density at radius 1 is 0.962 bits per heavy atom. The Kier molecular flexibility index (Phi) is 9.82. The van der Waals surface area contributed by atoms with Gasteiger partial charge in [0.2, 0.25) is 5.91 Å². The second kappa shape index (κ2) is 13.4. The summed E-state index contributed by atoms with van der Waals surface area (Å²) in [5, 5.41) is 17.2. The number of fused-ring (bicyclic) bond motifs is 7. The molecular weight excluding hydrogens is 771 g/mol. The van der Waals surface area contributed by atoms with Gasteiger partial charge in [0.05, 0.1) is 31.7 Å². The van der Waals surface area contributed by atoms with Crippen molar-refractivity contribution in [3.05, 3.63) is 47.6 Å². The summed E-state index contributed by atoms with van der Waals surface area (Å²) in [6, 6.07) is 3.37. The lowest BCUT2D eigenvalue weighted by molar-refractivity contribution is -0.204. The Bertz CT molecular complexity index is 1650. The third-order valence-electron chi connectivity index (χ3n) is 15.8. The maximum Gasteiger partial charge on any atom is 0.347 e. The van der Waals surface area contributed by atoms with Crippen LogP contribution in [0.1, 0.15) is 122 Å². The van der Waals surface area contributed by atoms with E-state index in [0.717, 1.165) is 51.4 Å². The van der Waals surface area contributed by atoms with Crippen molar-refractivity contribution in [1.29, 1.82) is 0 Å². The molecule has 1 aromatic rings. The number of aliphatic hydroxyl groups is 1. The Morgan fingerprint density at radius 3 is 2.46 bits per heavy atom. The van der Waals surface area contributed by atoms with E-state index < -0.39 is 23.4 Å². The van der Waals surface area contributed by atoms with Gasteiger partial charge in [-0.15, -0.1) is 0 Å². The fourth-order valence-electron chi connectivity index (χ4n) is 13.2. The average molecular weight is 831 g/mol. The van der Waals surface area contributed by atoms with Crippen LogP contribution in [0, 0.1) is 51.2 Å². The molecule has 10 heteroatoms. The van der Waals surface area contributed by atoms with Crippen LogP contribution in [-0.4, -0.2) is 52.2 Å². The Hall–Kier alpha value is -2.34. The van der Waals surface area contributed by atoms with Crippen molar-refractivity contribution >= 4 is 40.4 Å². The third kappa shape index (κ3) is 5.72. The number of carbonyl (C=O) groups excluding carboxylic acids is 3. The van der Waals surface area contributed by atoms with E-state index in [1.807, 2.05) is 0 Å². The van der Waals surface area contributed by atoms with Crippen LogP contribution in [0.3, 0.4) is 0 Å². The smallest absolute Gasteiger partial charge is 0.347 e. The number of furan rings is 1. The minimum atomic E-state index is -0.681. The normalized spacial score (nSPS) is 41.6. The highest BCUT2D eigenvalue weighted by atomic mass is 127. The molecule has 5 aliphatic carbocycles. The molecule has 0 aromatic carbocycles. The zero-order valence-corrected chi connectivity index (χ0v) is 34.1. The van der Waals surface area contributed by atoms with Crippen LogP contribution in [0.4, 0.5) is 0 Å². The summed E-state index contributed by atoms with van der Waals surface area (Å²) in [5.41, 5.74) is 1.06. The van der Waals surface area contributed by atoms with E-state index in [0.29, 0.717) is 41.6 Å². The zero-order valence-electron chi connectivity index (χ0n) is 31.9. The van der Waals surface area contributed by atoms with Gasteiger partial charge in [-0.3, -0.25) is 9.59 Å². The molecule has 2 heterocycles. The van der Waals surface area contributed by atoms with Crippen LogP contribution in [-0.2, 0) is 25.6 Å². The van der Waals surface area contributed by atoms with Gasteiger partial charge >= 0.3 is 5.97 Å². The number of hydrogen-bond donors (Lipinski definition) is 3. The van der Waals surface area contributed by atoms with Crippen molar-refractivity contribution in [2.75, 3.05) is 13.7 Å². The number of rotatable bonds is 8. The Balaban J connectivity index is 1.05. The second-order valence-electron chi connectivity index (χ2n) is 18.3. The van der Waals surface area contributed by atoms with Crippen molar-refractivity contribution in [2.24, 2.45) is 51.2 Å². The van der Waals surface area contributed by atoms with Crippen LogP contribution in [0.2, 0.25) is 0 Å². The van der Waals surface area contributed by atoms with Gasteiger partial charge in [-0.05, 0) is 135 Å². The van der Waals surface area contributed by atoms with E-state index in [2.05, 4.69) is 74.4 Å². The maximum atomic E-state index is 14.6. The molecule has 3 N–H and O–H groups in total. The van der Waals surface area contributed by atoms with Crippen molar-refractivity contribution in [2.45, 2.75) is 127 Å². The summed E-state index contributed by atoms with van der Waals surface area (Å²) in [6.45, 7) is 16.8. The van der Waals surface area contributed by atoms with Crippen molar-refractivity contribution in [1.82, 2.24) is 10.6 Å². The lowest BCUT2D eigenvalue weighted by Gasteiger charge is -2.72. The lowest BCUT2D eigenvalue weighted by Crippen LogP contribution is -2.69. The highest BCUT2D eigenvalue weighted by Crippen LogP contribution is 2.77. The minimum Gasteiger partial charge on any atom is -0.481 e.